The van der Waals surface area contributed by atoms with Gasteiger partial charge in [-0.2, -0.15) is 0 Å². The Kier molecular flexibility index (Phi) is 9.96. The van der Waals surface area contributed by atoms with Crippen LogP contribution < -0.4 is 14.8 Å². The van der Waals surface area contributed by atoms with Gasteiger partial charge in [0.25, 0.3) is 0 Å². The molecule has 1 aromatic heterocycles. The average molecular weight is 528 g/mol. The number of rotatable bonds is 11. The molecule has 8 heteroatoms. The number of amides is 1. The van der Waals surface area contributed by atoms with Crippen molar-refractivity contribution >= 4 is 45.9 Å². The van der Waals surface area contributed by atoms with Crippen molar-refractivity contribution in [2.45, 2.75) is 27.2 Å². The summed E-state index contributed by atoms with van der Waals surface area (Å²) in [4.78, 5) is 25.4. The number of thiophene rings is 1. The van der Waals surface area contributed by atoms with Crippen molar-refractivity contribution in [2.24, 2.45) is 5.92 Å². The van der Waals surface area contributed by atoms with E-state index in [4.69, 9.17) is 25.8 Å². The Morgan fingerprint density at radius 1 is 1.11 bits per heavy atom. The Bertz CT molecular complexity index is 1220. The highest BCUT2D eigenvalue weighted by atomic mass is 35.5. The third-order valence-electron chi connectivity index (χ3n) is 5.23. The Morgan fingerprint density at radius 3 is 2.53 bits per heavy atom. The van der Waals surface area contributed by atoms with E-state index in [-0.39, 0.29) is 12.5 Å². The molecule has 2 aromatic carbocycles. The predicted molar refractivity (Wildman–Crippen MR) is 146 cm³/mol. The molecular weight excluding hydrogens is 498 g/mol. The summed E-state index contributed by atoms with van der Waals surface area (Å²) in [6.07, 6.45) is 4.03. The SMILES string of the molecule is CCOC(=O)c1c(-c2ccc(Cl)cc2)csc1NC(=O)/C=C/c1ccc(OCCC(C)C)c(OC)c1. The lowest BCUT2D eigenvalue weighted by Gasteiger charge is -2.12. The molecule has 0 saturated heterocycles. The van der Waals surface area contributed by atoms with E-state index in [9.17, 15) is 9.59 Å². The van der Waals surface area contributed by atoms with Crippen LogP contribution in [0.5, 0.6) is 11.5 Å². The molecule has 0 saturated carbocycles. The molecule has 0 aliphatic carbocycles. The first-order chi connectivity index (χ1) is 17.3. The lowest BCUT2D eigenvalue weighted by molar-refractivity contribution is -0.111. The number of nitrogens with one attached hydrogen (secondary N) is 1. The first kappa shape index (κ1) is 27.3. The number of hydrogen-bond donors (Lipinski definition) is 1. The topological polar surface area (TPSA) is 73.9 Å². The zero-order valence-corrected chi connectivity index (χ0v) is 22.4. The van der Waals surface area contributed by atoms with Crippen molar-refractivity contribution in [3.63, 3.8) is 0 Å². The van der Waals surface area contributed by atoms with Crippen LogP contribution >= 0.6 is 22.9 Å². The third-order valence-corrected chi connectivity index (χ3v) is 6.38. The fourth-order valence-electron chi connectivity index (χ4n) is 3.33. The number of benzene rings is 2. The number of anilines is 1. The molecule has 190 valence electrons. The van der Waals surface area contributed by atoms with Gasteiger partial charge in [-0.25, -0.2) is 4.79 Å². The van der Waals surface area contributed by atoms with Crippen molar-refractivity contribution in [1.82, 2.24) is 0 Å². The van der Waals surface area contributed by atoms with Gasteiger partial charge in [-0.05, 0) is 60.7 Å². The minimum absolute atomic E-state index is 0.223. The number of esters is 1. The maximum absolute atomic E-state index is 12.7. The average Bonchev–Trinajstić information content (AvgIpc) is 3.27. The summed E-state index contributed by atoms with van der Waals surface area (Å²) < 4.78 is 16.5. The maximum Gasteiger partial charge on any atom is 0.341 e. The largest absolute Gasteiger partial charge is 0.493 e. The number of carbonyl (C=O) groups excluding carboxylic acids is 2. The minimum atomic E-state index is -0.499. The summed E-state index contributed by atoms with van der Waals surface area (Å²) >= 11 is 7.26. The molecule has 3 rings (SSSR count). The molecule has 36 heavy (non-hydrogen) atoms. The quantitative estimate of drug-likeness (QED) is 0.209. The molecule has 0 spiro atoms. The summed E-state index contributed by atoms with van der Waals surface area (Å²) in [7, 11) is 1.58. The molecule has 1 heterocycles. The molecule has 1 N–H and O–H groups in total. The molecule has 0 unspecified atom stereocenters. The van der Waals surface area contributed by atoms with E-state index < -0.39 is 5.97 Å². The first-order valence-corrected chi connectivity index (χ1v) is 12.9. The summed E-state index contributed by atoms with van der Waals surface area (Å²) in [5.41, 5.74) is 2.57. The van der Waals surface area contributed by atoms with Crippen LogP contribution in [0.4, 0.5) is 5.00 Å². The highest BCUT2D eigenvalue weighted by molar-refractivity contribution is 7.15. The van der Waals surface area contributed by atoms with Gasteiger partial charge in [0.15, 0.2) is 11.5 Å². The van der Waals surface area contributed by atoms with Crippen LogP contribution in [0.1, 0.15) is 43.1 Å². The van der Waals surface area contributed by atoms with Crippen molar-refractivity contribution in [3.8, 4) is 22.6 Å². The van der Waals surface area contributed by atoms with E-state index in [0.717, 1.165) is 17.5 Å². The Morgan fingerprint density at radius 2 is 1.86 bits per heavy atom. The van der Waals surface area contributed by atoms with Crippen LogP contribution in [0, 0.1) is 5.92 Å². The Labute approximate surface area is 220 Å². The first-order valence-electron chi connectivity index (χ1n) is 11.7. The zero-order valence-electron chi connectivity index (χ0n) is 20.8. The smallest absolute Gasteiger partial charge is 0.341 e. The molecule has 0 bridgehead atoms. The number of hydrogen-bond acceptors (Lipinski definition) is 6. The van der Waals surface area contributed by atoms with E-state index in [0.29, 0.717) is 45.2 Å². The molecule has 0 radical (unpaired) electrons. The Balaban J connectivity index is 1.76. The Hall–Kier alpha value is -3.29. The van der Waals surface area contributed by atoms with Crippen LogP contribution in [0.15, 0.2) is 53.9 Å². The summed E-state index contributed by atoms with van der Waals surface area (Å²) in [5.74, 6) is 0.928. The highest BCUT2D eigenvalue weighted by Crippen LogP contribution is 2.37. The number of ether oxygens (including phenoxy) is 3. The predicted octanol–water partition coefficient (Wildman–Crippen LogP) is 7.33. The van der Waals surface area contributed by atoms with Crippen LogP contribution in [-0.2, 0) is 9.53 Å². The second-order valence-corrected chi connectivity index (χ2v) is 9.66. The lowest BCUT2D eigenvalue weighted by atomic mass is 10.0. The lowest BCUT2D eigenvalue weighted by Crippen LogP contribution is -2.12. The second kappa shape index (κ2) is 13.1. The van der Waals surface area contributed by atoms with Crippen molar-refractivity contribution in [2.75, 3.05) is 25.6 Å². The van der Waals surface area contributed by atoms with E-state index in [1.54, 1.807) is 32.2 Å². The fourth-order valence-corrected chi connectivity index (χ4v) is 4.42. The van der Waals surface area contributed by atoms with Gasteiger partial charge in [-0.3, -0.25) is 4.79 Å². The molecule has 3 aromatic rings. The van der Waals surface area contributed by atoms with Gasteiger partial charge < -0.3 is 19.5 Å². The molecule has 6 nitrogen and oxygen atoms in total. The van der Waals surface area contributed by atoms with E-state index in [1.807, 2.05) is 35.7 Å². The van der Waals surface area contributed by atoms with Crippen LogP contribution in [0.2, 0.25) is 5.02 Å². The summed E-state index contributed by atoms with van der Waals surface area (Å²) in [6, 6.07) is 12.6. The maximum atomic E-state index is 12.7. The normalized spacial score (nSPS) is 11.1. The third kappa shape index (κ3) is 7.35. The monoisotopic (exact) mass is 527 g/mol. The van der Waals surface area contributed by atoms with Gasteiger partial charge in [0, 0.05) is 22.0 Å². The van der Waals surface area contributed by atoms with E-state index in [1.165, 1.54) is 17.4 Å². The van der Waals surface area contributed by atoms with Gasteiger partial charge in [0.1, 0.15) is 10.6 Å². The standard InChI is InChI=1S/C28H30ClNO5S/c1-5-34-28(32)26-22(20-8-10-21(29)11-9-20)17-36-27(26)30-25(31)13-7-19-6-12-23(24(16-19)33-4)35-15-14-18(2)3/h6-13,16-18H,5,14-15H2,1-4H3,(H,30,31)/b13-7+. The van der Waals surface area contributed by atoms with Crippen molar-refractivity contribution in [1.29, 1.82) is 0 Å². The molecule has 0 atom stereocenters. The molecular formula is C28H30ClNO5S. The number of carbonyl (C=O) groups is 2. The molecule has 0 aliphatic rings. The molecule has 0 aliphatic heterocycles. The van der Waals surface area contributed by atoms with Gasteiger partial charge in [-0.15, -0.1) is 11.3 Å². The second-order valence-electron chi connectivity index (χ2n) is 8.34. The summed E-state index contributed by atoms with van der Waals surface area (Å²) in [5, 5.41) is 5.64. The molecule has 0 fully saturated rings. The van der Waals surface area contributed by atoms with E-state index >= 15 is 0 Å². The highest BCUT2D eigenvalue weighted by Gasteiger charge is 2.22. The summed E-state index contributed by atoms with van der Waals surface area (Å²) in [6.45, 7) is 6.85. The van der Waals surface area contributed by atoms with Crippen LogP contribution in [-0.4, -0.2) is 32.2 Å². The fraction of sp³-hybridized carbons (Fsp3) is 0.286. The van der Waals surface area contributed by atoms with Crippen LogP contribution in [0.3, 0.4) is 0 Å². The van der Waals surface area contributed by atoms with Crippen molar-refractivity contribution < 1.29 is 23.8 Å². The minimum Gasteiger partial charge on any atom is -0.493 e. The number of halogens is 1. The zero-order chi connectivity index (χ0) is 26.1. The molecule has 1 amide bonds. The number of methoxy groups -OCH3 is 1. The van der Waals surface area contributed by atoms with Gasteiger partial charge in [0.2, 0.25) is 5.91 Å². The van der Waals surface area contributed by atoms with Gasteiger partial charge in [-0.1, -0.05) is 43.6 Å². The van der Waals surface area contributed by atoms with Crippen molar-refractivity contribution in [3.05, 3.63) is 70.1 Å². The van der Waals surface area contributed by atoms with Gasteiger partial charge >= 0.3 is 5.97 Å². The van der Waals surface area contributed by atoms with Crippen LogP contribution in [0.25, 0.3) is 17.2 Å². The van der Waals surface area contributed by atoms with E-state index in [2.05, 4.69) is 19.2 Å². The van der Waals surface area contributed by atoms with Gasteiger partial charge in [0.05, 0.1) is 20.3 Å².